The van der Waals surface area contributed by atoms with Gasteiger partial charge < -0.3 is 25.5 Å². The SMILES string of the molecule is N=C/C(=C\C(N)=Nc1ccnc(N2CCOCC2)c1)c1ccc(OC(F)F)cc1. The van der Waals surface area contributed by atoms with E-state index in [4.69, 9.17) is 15.9 Å². The number of benzene rings is 1. The maximum atomic E-state index is 12.3. The normalized spacial score (nSPS) is 15.5. The second-order valence-electron chi connectivity index (χ2n) is 6.16. The number of allylic oxidation sites excluding steroid dienone is 1. The molecule has 1 aromatic carbocycles. The first-order chi connectivity index (χ1) is 14.0. The average Bonchev–Trinajstić information content (AvgIpc) is 2.73. The van der Waals surface area contributed by atoms with E-state index in [9.17, 15) is 8.78 Å². The van der Waals surface area contributed by atoms with Crippen molar-refractivity contribution in [1.29, 1.82) is 5.41 Å². The predicted octanol–water partition coefficient (Wildman–Crippen LogP) is 3.24. The molecule has 0 unspecified atom stereocenters. The Balaban J connectivity index is 1.77. The molecule has 2 aromatic rings. The maximum Gasteiger partial charge on any atom is 0.387 e. The zero-order valence-corrected chi connectivity index (χ0v) is 15.6. The van der Waals surface area contributed by atoms with Crippen molar-refractivity contribution in [2.75, 3.05) is 31.2 Å². The zero-order valence-electron chi connectivity index (χ0n) is 15.6. The monoisotopic (exact) mass is 401 g/mol. The van der Waals surface area contributed by atoms with Crippen molar-refractivity contribution >= 4 is 29.1 Å². The van der Waals surface area contributed by atoms with Gasteiger partial charge in [0.25, 0.3) is 0 Å². The number of morpholine rings is 1. The van der Waals surface area contributed by atoms with Crippen LogP contribution < -0.4 is 15.4 Å². The van der Waals surface area contributed by atoms with Crippen LogP contribution in [-0.2, 0) is 4.74 Å². The Bertz CT molecular complexity index is 894. The summed E-state index contributed by atoms with van der Waals surface area (Å²) in [6.07, 6.45) is 4.34. The van der Waals surface area contributed by atoms with E-state index in [1.165, 1.54) is 12.1 Å². The number of nitrogens with two attached hydrogens (primary N) is 1. The Morgan fingerprint density at radius 3 is 2.62 bits per heavy atom. The number of amidine groups is 1. The summed E-state index contributed by atoms with van der Waals surface area (Å²) in [6, 6.07) is 9.54. The molecule has 1 saturated heterocycles. The number of aromatic nitrogens is 1. The highest BCUT2D eigenvalue weighted by molar-refractivity contribution is 6.16. The van der Waals surface area contributed by atoms with Crippen LogP contribution in [-0.4, -0.2) is 49.9 Å². The van der Waals surface area contributed by atoms with Crippen molar-refractivity contribution in [3.05, 3.63) is 54.2 Å². The fourth-order valence-electron chi connectivity index (χ4n) is 2.82. The molecule has 29 heavy (non-hydrogen) atoms. The second-order valence-corrected chi connectivity index (χ2v) is 6.16. The first-order valence-corrected chi connectivity index (χ1v) is 8.95. The number of nitrogens with zero attached hydrogens (tertiary/aromatic N) is 3. The topological polar surface area (TPSA) is 96.8 Å². The van der Waals surface area contributed by atoms with Gasteiger partial charge >= 0.3 is 6.61 Å². The summed E-state index contributed by atoms with van der Waals surface area (Å²) in [5.74, 6) is 1.05. The lowest BCUT2D eigenvalue weighted by Gasteiger charge is -2.27. The van der Waals surface area contributed by atoms with E-state index >= 15 is 0 Å². The fourth-order valence-corrected chi connectivity index (χ4v) is 2.82. The lowest BCUT2D eigenvalue weighted by molar-refractivity contribution is -0.0498. The van der Waals surface area contributed by atoms with E-state index < -0.39 is 6.61 Å². The van der Waals surface area contributed by atoms with Crippen molar-refractivity contribution in [2.24, 2.45) is 10.7 Å². The number of rotatable bonds is 7. The quantitative estimate of drug-likeness (QED) is 0.548. The Morgan fingerprint density at radius 2 is 1.97 bits per heavy atom. The smallest absolute Gasteiger partial charge is 0.387 e. The summed E-state index contributed by atoms with van der Waals surface area (Å²) in [5.41, 5.74) is 7.79. The van der Waals surface area contributed by atoms with Gasteiger partial charge in [0.05, 0.1) is 18.9 Å². The van der Waals surface area contributed by atoms with Gasteiger partial charge in [-0.05, 0) is 29.8 Å². The van der Waals surface area contributed by atoms with Crippen LogP contribution in [0, 0.1) is 5.41 Å². The summed E-state index contributed by atoms with van der Waals surface area (Å²) in [4.78, 5) is 10.9. The first-order valence-electron chi connectivity index (χ1n) is 8.95. The van der Waals surface area contributed by atoms with Gasteiger partial charge in [0.15, 0.2) is 0 Å². The molecule has 1 fully saturated rings. The Labute approximate surface area is 167 Å². The molecule has 2 heterocycles. The number of hydrogen-bond acceptors (Lipinski definition) is 6. The lowest BCUT2D eigenvalue weighted by atomic mass is 10.1. The van der Waals surface area contributed by atoms with Gasteiger partial charge in [0.1, 0.15) is 17.4 Å². The first kappa shape index (κ1) is 20.4. The Hall–Kier alpha value is -3.33. The highest BCUT2D eigenvalue weighted by Crippen LogP contribution is 2.21. The van der Waals surface area contributed by atoms with Crippen LogP contribution in [0.5, 0.6) is 5.75 Å². The van der Waals surface area contributed by atoms with Gasteiger partial charge in [0.2, 0.25) is 0 Å². The molecule has 0 bridgehead atoms. The van der Waals surface area contributed by atoms with E-state index in [1.54, 1.807) is 30.5 Å². The third kappa shape index (κ3) is 5.82. The molecule has 1 aliphatic rings. The molecule has 3 N–H and O–H groups in total. The number of nitrogens with one attached hydrogen (secondary N) is 1. The summed E-state index contributed by atoms with van der Waals surface area (Å²) >= 11 is 0. The van der Waals surface area contributed by atoms with Gasteiger partial charge in [-0.1, -0.05) is 12.1 Å². The molecule has 9 heteroatoms. The summed E-state index contributed by atoms with van der Waals surface area (Å²) in [6.45, 7) is -0.0465. The standard InChI is InChI=1S/C20H21F2N5O2/c21-20(22)29-17-3-1-14(2-4-17)15(13-23)11-18(24)26-16-5-6-25-19(12-16)27-7-9-28-10-8-27/h1-6,11-13,20,23H,7-10H2,(H2,24,25,26)/b15-11+,23-13?. The third-order valence-electron chi connectivity index (χ3n) is 4.19. The minimum Gasteiger partial charge on any atom is -0.435 e. The van der Waals surface area contributed by atoms with E-state index in [1.807, 2.05) is 6.07 Å². The van der Waals surface area contributed by atoms with Crippen LogP contribution in [0.4, 0.5) is 20.3 Å². The van der Waals surface area contributed by atoms with Gasteiger partial charge in [-0.2, -0.15) is 8.78 Å². The van der Waals surface area contributed by atoms with Crippen molar-refractivity contribution in [1.82, 2.24) is 4.98 Å². The van der Waals surface area contributed by atoms with Crippen molar-refractivity contribution in [3.8, 4) is 5.75 Å². The molecule has 0 radical (unpaired) electrons. The van der Waals surface area contributed by atoms with Gasteiger partial charge in [0, 0.05) is 37.1 Å². The van der Waals surface area contributed by atoms with E-state index in [-0.39, 0.29) is 11.6 Å². The van der Waals surface area contributed by atoms with Crippen LogP contribution in [0.25, 0.3) is 5.57 Å². The molecule has 1 aromatic heterocycles. The minimum atomic E-state index is -2.89. The molecular formula is C20H21F2N5O2. The largest absolute Gasteiger partial charge is 0.435 e. The zero-order chi connectivity index (χ0) is 20.6. The molecule has 1 aliphatic heterocycles. The van der Waals surface area contributed by atoms with Crippen LogP contribution in [0.3, 0.4) is 0 Å². The molecule has 0 saturated carbocycles. The Morgan fingerprint density at radius 1 is 1.24 bits per heavy atom. The number of hydrogen-bond donors (Lipinski definition) is 2. The average molecular weight is 401 g/mol. The lowest BCUT2D eigenvalue weighted by Crippen LogP contribution is -2.36. The second kappa shape index (κ2) is 9.74. The number of ether oxygens (including phenoxy) is 2. The van der Waals surface area contributed by atoms with Crippen molar-refractivity contribution in [3.63, 3.8) is 0 Å². The number of anilines is 1. The molecule has 152 valence electrons. The molecular weight excluding hydrogens is 380 g/mol. The fraction of sp³-hybridized carbons (Fsp3) is 0.250. The molecule has 0 aliphatic carbocycles. The number of pyridine rings is 1. The summed E-state index contributed by atoms with van der Waals surface area (Å²) in [7, 11) is 0. The van der Waals surface area contributed by atoms with Crippen LogP contribution in [0.1, 0.15) is 5.56 Å². The van der Waals surface area contributed by atoms with E-state index in [2.05, 4.69) is 19.6 Å². The Kier molecular flexibility index (Phi) is 6.85. The number of alkyl halides is 2. The summed E-state index contributed by atoms with van der Waals surface area (Å²) < 4.78 is 34.2. The van der Waals surface area contributed by atoms with Crippen LogP contribution in [0.15, 0.2) is 53.7 Å². The molecule has 0 spiro atoms. The number of aliphatic imine (C=N–C) groups is 1. The van der Waals surface area contributed by atoms with Gasteiger partial charge in [-0.25, -0.2) is 9.98 Å². The van der Waals surface area contributed by atoms with Crippen LogP contribution >= 0.6 is 0 Å². The van der Waals surface area contributed by atoms with Gasteiger partial charge in [-0.3, -0.25) is 0 Å². The van der Waals surface area contributed by atoms with Crippen molar-refractivity contribution < 1.29 is 18.3 Å². The minimum absolute atomic E-state index is 0.0437. The van der Waals surface area contributed by atoms with Gasteiger partial charge in [-0.15, -0.1) is 0 Å². The predicted molar refractivity (Wildman–Crippen MR) is 108 cm³/mol. The third-order valence-corrected chi connectivity index (χ3v) is 4.19. The van der Waals surface area contributed by atoms with E-state index in [0.29, 0.717) is 30.0 Å². The van der Waals surface area contributed by atoms with E-state index in [0.717, 1.165) is 25.1 Å². The van der Waals surface area contributed by atoms with Crippen molar-refractivity contribution in [2.45, 2.75) is 6.61 Å². The summed E-state index contributed by atoms with van der Waals surface area (Å²) in [5, 5.41) is 7.62. The molecule has 0 amide bonds. The number of halogens is 2. The highest BCUT2D eigenvalue weighted by Gasteiger charge is 2.12. The highest BCUT2D eigenvalue weighted by atomic mass is 19.3. The van der Waals surface area contributed by atoms with Crippen LogP contribution in [0.2, 0.25) is 0 Å². The maximum absolute atomic E-state index is 12.3. The molecule has 3 rings (SSSR count). The molecule has 7 nitrogen and oxygen atoms in total. The molecule has 0 atom stereocenters.